The van der Waals surface area contributed by atoms with Gasteiger partial charge >= 0.3 is 0 Å². The lowest BCUT2D eigenvalue weighted by atomic mass is 10.1. The number of hydrazone groups is 1. The van der Waals surface area contributed by atoms with Gasteiger partial charge < -0.3 is 9.47 Å². The number of nitrogens with one attached hydrogen (secondary N) is 1. The smallest absolute Gasteiger partial charge is 0.161 e. The zero-order valence-electron chi connectivity index (χ0n) is 15.6. The highest BCUT2D eigenvalue weighted by Crippen LogP contribution is 2.29. The average molecular weight is 361 g/mol. The predicted octanol–water partition coefficient (Wildman–Crippen LogP) is 4.81. The summed E-state index contributed by atoms with van der Waals surface area (Å²) in [7, 11) is 0. The highest BCUT2D eigenvalue weighted by Gasteiger charge is 2.07. The van der Waals surface area contributed by atoms with E-state index in [1.54, 1.807) is 12.4 Å². The van der Waals surface area contributed by atoms with E-state index in [1.807, 2.05) is 55.5 Å². The molecule has 0 atom stereocenters. The molecule has 0 amide bonds. The van der Waals surface area contributed by atoms with Gasteiger partial charge in [0.05, 0.1) is 12.8 Å². The van der Waals surface area contributed by atoms with Crippen molar-refractivity contribution < 1.29 is 9.47 Å². The van der Waals surface area contributed by atoms with Crippen molar-refractivity contribution in [3.8, 4) is 11.5 Å². The van der Waals surface area contributed by atoms with Gasteiger partial charge in [0.25, 0.3) is 0 Å². The number of anilines is 1. The number of ether oxygens (including phenoxy) is 2. The highest BCUT2D eigenvalue weighted by molar-refractivity contribution is 5.81. The van der Waals surface area contributed by atoms with Crippen LogP contribution in [0.2, 0.25) is 0 Å². The van der Waals surface area contributed by atoms with Gasteiger partial charge in [-0.15, -0.1) is 0 Å². The lowest BCUT2D eigenvalue weighted by Crippen LogP contribution is -2.01. The molecule has 5 nitrogen and oxygen atoms in total. The number of aryl methyl sites for hydroxylation is 1. The monoisotopic (exact) mass is 361 g/mol. The minimum Gasteiger partial charge on any atom is -0.490 e. The van der Waals surface area contributed by atoms with Gasteiger partial charge in [0.2, 0.25) is 0 Å². The molecule has 3 aromatic rings. The van der Waals surface area contributed by atoms with Crippen LogP contribution in [0.5, 0.6) is 11.5 Å². The molecule has 0 aliphatic heterocycles. The minimum atomic E-state index is 0.501. The van der Waals surface area contributed by atoms with Gasteiger partial charge in [-0.2, -0.15) is 5.10 Å². The standard InChI is InChI=1S/C22H23N3O2/c1-3-26-21-14-18(15-24-25-22-10-6-7-13-23-22)11-12-20(21)27-16-19-9-5-4-8-17(19)2/h4-15H,3,16H2,1-2H3,(H,23,25). The van der Waals surface area contributed by atoms with Crippen LogP contribution in [0.3, 0.4) is 0 Å². The maximum atomic E-state index is 5.99. The Morgan fingerprint density at radius 1 is 1.00 bits per heavy atom. The van der Waals surface area contributed by atoms with E-state index in [1.165, 1.54) is 5.56 Å². The fourth-order valence-corrected chi connectivity index (χ4v) is 2.52. The molecule has 3 rings (SSSR count). The summed E-state index contributed by atoms with van der Waals surface area (Å²) in [6.07, 6.45) is 3.44. The van der Waals surface area contributed by atoms with E-state index in [0.717, 1.165) is 16.9 Å². The SMILES string of the molecule is CCOc1cc(C=NNc2ccccn2)ccc1OCc1ccccc1C. The highest BCUT2D eigenvalue weighted by atomic mass is 16.5. The van der Waals surface area contributed by atoms with Gasteiger partial charge in [0, 0.05) is 6.20 Å². The zero-order chi connectivity index (χ0) is 18.9. The van der Waals surface area contributed by atoms with Crippen molar-refractivity contribution in [3.63, 3.8) is 0 Å². The molecule has 138 valence electrons. The number of nitrogens with zero attached hydrogens (tertiary/aromatic N) is 2. The van der Waals surface area contributed by atoms with Gasteiger partial charge in [-0.1, -0.05) is 30.3 Å². The van der Waals surface area contributed by atoms with E-state index in [0.29, 0.717) is 24.8 Å². The molecule has 5 heteroatoms. The summed E-state index contributed by atoms with van der Waals surface area (Å²) in [4.78, 5) is 4.16. The fourth-order valence-electron chi connectivity index (χ4n) is 2.52. The predicted molar refractivity (Wildman–Crippen MR) is 109 cm³/mol. The van der Waals surface area contributed by atoms with Crippen molar-refractivity contribution in [2.75, 3.05) is 12.0 Å². The van der Waals surface area contributed by atoms with Crippen LogP contribution in [0.4, 0.5) is 5.82 Å². The normalized spacial score (nSPS) is 10.7. The molecule has 0 saturated heterocycles. The van der Waals surface area contributed by atoms with Gasteiger partial charge in [0.1, 0.15) is 12.4 Å². The Labute approximate surface area is 159 Å². The van der Waals surface area contributed by atoms with Crippen LogP contribution in [0.25, 0.3) is 0 Å². The van der Waals surface area contributed by atoms with Crippen LogP contribution in [-0.4, -0.2) is 17.8 Å². The molecule has 0 radical (unpaired) electrons. The van der Waals surface area contributed by atoms with Crippen LogP contribution in [0.15, 0.2) is 72.0 Å². The lowest BCUT2D eigenvalue weighted by molar-refractivity contribution is 0.269. The first-order valence-electron chi connectivity index (χ1n) is 8.90. The fraction of sp³-hybridized carbons (Fsp3) is 0.182. The molecular weight excluding hydrogens is 338 g/mol. The average Bonchev–Trinajstić information content (AvgIpc) is 2.69. The summed E-state index contributed by atoms with van der Waals surface area (Å²) < 4.78 is 11.7. The van der Waals surface area contributed by atoms with E-state index < -0.39 is 0 Å². The summed E-state index contributed by atoms with van der Waals surface area (Å²) in [6, 6.07) is 19.6. The molecule has 0 unspecified atom stereocenters. The van der Waals surface area contributed by atoms with E-state index in [2.05, 4.69) is 34.6 Å². The van der Waals surface area contributed by atoms with Gasteiger partial charge in [0.15, 0.2) is 11.5 Å². The van der Waals surface area contributed by atoms with Crippen molar-refractivity contribution in [1.82, 2.24) is 4.98 Å². The van der Waals surface area contributed by atoms with E-state index in [9.17, 15) is 0 Å². The topological polar surface area (TPSA) is 55.7 Å². The third-order valence-corrected chi connectivity index (χ3v) is 3.97. The third-order valence-electron chi connectivity index (χ3n) is 3.97. The Morgan fingerprint density at radius 2 is 1.85 bits per heavy atom. The number of pyridine rings is 1. The molecular formula is C22H23N3O2. The molecule has 1 aromatic heterocycles. The molecule has 0 bridgehead atoms. The number of hydrogen-bond acceptors (Lipinski definition) is 5. The van der Waals surface area contributed by atoms with Gasteiger partial charge in [-0.3, -0.25) is 5.43 Å². The molecule has 2 aromatic carbocycles. The number of hydrogen-bond donors (Lipinski definition) is 1. The molecule has 1 heterocycles. The van der Waals surface area contributed by atoms with Crippen LogP contribution < -0.4 is 14.9 Å². The summed E-state index contributed by atoms with van der Waals surface area (Å²) in [5, 5.41) is 4.21. The Bertz CT molecular complexity index is 895. The van der Waals surface area contributed by atoms with E-state index in [4.69, 9.17) is 9.47 Å². The van der Waals surface area contributed by atoms with Crippen LogP contribution in [0.1, 0.15) is 23.6 Å². The van der Waals surface area contributed by atoms with E-state index >= 15 is 0 Å². The quantitative estimate of drug-likeness (QED) is 0.462. The second kappa shape index (κ2) is 9.38. The van der Waals surface area contributed by atoms with Crippen molar-refractivity contribution in [3.05, 3.63) is 83.6 Å². The number of rotatable bonds is 8. The van der Waals surface area contributed by atoms with Gasteiger partial charge in [-0.25, -0.2) is 4.98 Å². The van der Waals surface area contributed by atoms with Crippen LogP contribution >= 0.6 is 0 Å². The zero-order valence-corrected chi connectivity index (χ0v) is 15.6. The summed E-state index contributed by atoms with van der Waals surface area (Å²) in [6.45, 7) is 5.10. The van der Waals surface area contributed by atoms with Crippen LogP contribution in [-0.2, 0) is 6.61 Å². The Balaban J connectivity index is 1.69. The Hall–Kier alpha value is -3.34. The lowest BCUT2D eigenvalue weighted by Gasteiger charge is -2.13. The first-order valence-corrected chi connectivity index (χ1v) is 8.90. The summed E-state index contributed by atoms with van der Waals surface area (Å²) >= 11 is 0. The Morgan fingerprint density at radius 3 is 2.63 bits per heavy atom. The van der Waals surface area contributed by atoms with Crippen LogP contribution in [0, 0.1) is 6.92 Å². The molecule has 0 saturated carbocycles. The second-order valence-corrected chi connectivity index (χ2v) is 5.94. The van der Waals surface area contributed by atoms with Crippen molar-refractivity contribution >= 4 is 12.0 Å². The largest absolute Gasteiger partial charge is 0.490 e. The van der Waals surface area contributed by atoms with E-state index in [-0.39, 0.29) is 0 Å². The van der Waals surface area contributed by atoms with Gasteiger partial charge in [-0.05, 0) is 60.9 Å². The molecule has 1 N–H and O–H groups in total. The van der Waals surface area contributed by atoms with Crippen molar-refractivity contribution in [2.45, 2.75) is 20.5 Å². The first-order chi connectivity index (χ1) is 13.3. The summed E-state index contributed by atoms with van der Waals surface area (Å²) in [5.74, 6) is 2.11. The number of aromatic nitrogens is 1. The molecule has 0 spiro atoms. The molecule has 0 fully saturated rings. The maximum Gasteiger partial charge on any atom is 0.161 e. The van der Waals surface area contributed by atoms with Crippen molar-refractivity contribution in [2.24, 2.45) is 5.10 Å². The second-order valence-electron chi connectivity index (χ2n) is 5.94. The summed E-state index contributed by atoms with van der Waals surface area (Å²) in [5.41, 5.74) is 6.17. The molecule has 0 aliphatic rings. The third kappa shape index (κ3) is 5.31. The minimum absolute atomic E-state index is 0.501. The number of benzene rings is 2. The molecule has 0 aliphatic carbocycles. The van der Waals surface area contributed by atoms with Crippen molar-refractivity contribution in [1.29, 1.82) is 0 Å². The maximum absolute atomic E-state index is 5.99. The molecule has 27 heavy (non-hydrogen) atoms. The first kappa shape index (κ1) is 18.5. The Kier molecular flexibility index (Phi) is 6.41.